The molecule has 2 aromatic rings. The lowest BCUT2D eigenvalue weighted by atomic mass is 10.0. The number of piperidine rings is 1. The van der Waals surface area contributed by atoms with Crippen LogP contribution in [0.15, 0.2) is 24.3 Å². The van der Waals surface area contributed by atoms with E-state index >= 15 is 0 Å². The predicted molar refractivity (Wildman–Crippen MR) is 113 cm³/mol. The number of unbranched alkanes of at least 4 members (excludes halogenated alkanes) is 1. The van der Waals surface area contributed by atoms with Gasteiger partial charge in [0.25, 0.3) is 5.91 Å². The number of para-hydroxylation sites is 2. The molecular weight excluding hydrogens is 352 g/mol. The van der Waals surface area contributed by atoms with Crippen LogP contribution in [-0.2, 0) is 11.3 Å². The maximum atomic E-state index is 13.6. The van der Waals surface area contributed by atoms with E-state index in [1.807, 2.05) is 18.2 Å². The number of carbonyl (C=O) groups is 1. The Labute approximate surface area is 168 Å². The van der Waals surface area contributed by atoms with Gasteiger partial charge in [0.05, 0.1) is 11.0 Å². The highest BCUT2D eigenvalue weighted by molar-refractivity contribution is 5.95. The summed E-state index contributed by atoms with van der Waals surface area (Å²) in [5.41, 5.74) is 1.93. The summed E-state index contributed by atoms with van der Waals surface area (Å²) in [7, 11) is 1.73. The maximum Gasteiger partial charge on any atom is 0.290 e. The number of aromatic nitrogens is 2. The lowest BCUT2D eigenvalue weighted by Gasteiger charge is -2.35. The summed E-state index contributed by atoms with van der Waals surface area (Å²) < 4.78 is 7.29. The van der Waals surface area contributed by atoms with Crippen molar-refractivity contribution in [3.8, 4) is 0 Å². The average molecular weight is 387 g/mol. The third-order valence-corrected chi connectivity index (χ3v) is 5.36. The Morgan fingerprint density at radius 2 is 2.18 bits per heavy atom. The minimum atomic E-state index is 0.0605. The van der Waals surface area contributed by atoms with E-state index in [1.54, 1.807) is 7.11 Å². The summed E-state index contributed by atoms with van der Waals surface area (Å²) in [5.74, 6) is 1.06. The summed E-state index contributed by atoms with van der Waals surface area (Å²) in [6.07, 6.45) is 4.10. The van der Waals surface area contributed by atoms with Crippen molar-refractivity contribution < 1.29 is 9.53 Å². The normalized spacial score (nSPS) is 17.4. The van der Waals surface area contributed by atoms with Crippen LogP contribution in [0, 0.1) is 5.92 Å². The van der Waals surface area contributed by atoms with E-state index in [0.717, 1.165) is 69.5 Å². The van der Waals surface area contributed by atoms with Gasteiger partial charge in [0.15, 0.2) is 5.82 Å². The smallest absolute Gasteiger partial charge is 0.290 e. The van der Waals surface area contributed by atoms with E-state index in [2.05, 4.69) is 34.7 Å². The quantitative estimate of drug-likeness (QED) is 0.672. The van der Waals surface area contributed by atoms with E-state index in [0.29, 0.717) is 11.7 Å². The van der Waals surface area contributed by atoms with E-state index in [1.165, 1.54) is 0 Å². The van der Waals surface area contributed by atoms with E-state index in [9.17, 15) is 4.79 Å². The standard InChI is InChI=1S/C22H34N4O2/c1-17(2)16-26(18-9-8-12-23-15-18)22(27)21-24-19-10-4-5-11-20(19)25(21)13-6-7-14-28-3/h4-5,10-11,17-18,23H,6-9,12-16H2,1-3H3. The fourth-order valence-electron chi connectivity index (χ4n) is 4.00. The minimum Gasteiger partial charge on any atom is -0.385 e. The number of ether oxygens (including phenoxy) is 1. The second kappa shape index (κ2) is 10.0. The largest absolute Gasteiger partial charge is 0.385 e. The first-order chi connectivity index (χ1) is 13.6. The number of nitrogens with zero attached hydrogens (tertiary/aromatic N) is 3. The zero-order valence-corrected chi connectivity index (χ0v) is 17.5. The van der Waals surface area contributed by atoms with Gasteiger partial charge in [-0.2, -0.15) is 0 Å². The van der Waals surface area contributed by atoms with Gasteiger partial charge in [0.2, 0.25) is 0 Å². The van der Waals surface area contributed by atoms with Crippen molar-refractivity contribution in [3.05, 3.63) is 30.1 Å². The molecule has 154 valence electrons. The van der Waals surface area contributed by atoms with Gasteiger partial charge in [-0.15, -0.1) is 0 Å². The summed E-state index contributed by atoms with van der Waals surface area (Å²) in [6, 6.07) is 8.29. The van der Waals surface area contributed by atoms with Gasteiger partial charge in [-0.25, -0.2) is 4.98 Å². The number of imidazole rings is 1. The summed E-state index contributed by atoms with van der Waals surface area (Å²) in [5, 5.41) is 3.45. The number of methoxy groups -OCH3 is 1. The first-order valence-corrected chi connectivity index (χ1v) is 10.6. The van der Waals surface area contributed by atoms with E-state index in [4.69, 9.17) is 9.72 Å². The van der Waals surface area contributed by atoms with Crippen LogP contribution in [0.3, 0.4) is 0 Å². The van der Waals surface area contributed by atoms with Gasteiger partial charge in [-0.3, -0.25) is 4.79 Å². The number of hydrogen-bond donors (Lipinski definition) is 1. The Hall–Kier alpha value is -1.92. The zero-order chi connectivity index (χ0) is 19.9. The number of rotatable bonds is 9. The molecule has 0 bridgehead atoms. The van der Waals surface area contributed by atoms with Gasteiger partial charge >= 0.3 is 0 Å². The van der Waals surface area contributed by atoms with Crippen LogP contribution in [-0.4, -0.2) is 59.8 Å². The Morgan fingerprint density at radius 1 is 1.36 bits per heavy atom. The highest BCUT2D eigenvalue weighted by atomic mass is 16.5. The molecular formula is C22H34N4O2. The van der Waals surface area contributed by atoms with Crippen LogP contribution in [0.4, 0.5) is 0 Å². The van der Waals surface area contributed by atoms with E-state index in [-0.39, 0.29) is 11.9 Å². The molecule has 1 saturated heterocycles. The van der Waals surface area contributed by atoms with Crippen molar-refractivity contribution in [1.82, 2.24) is 19.8 Å². The van der Waals surface area contributed by atoms with Crippen LogP contribution in [0.5, 0.6) is 0 Å². The predicted octanol–water partition coefficient (Wildman–Crippen LogP) is 3.31. The van der Waals surface area contributed by atoms with Crippen molar-refractivity contribution in [2.45, 2.75) is 52.1 Å². The van der Waals surface area contributed by atoms with Crippen molar-refractivity contribution in [3.63, 3.8) is 0 Å². The number of amides is 1. The molecule has 1 aromatic heterocycles. The highest BCUT2D eigenvalue weighted by Gasteiger charge is 2.30. The van der Waals surface area contributed by atoms with Crippen molar-refractivity contribution in [2.75, 3.05) is 33.4 Å². The first-order valence-electron chi connectivity index (χ1n) is 10.6. The number of benzene rings is 1. The molecule has 1 aliphatic rings. The van der Waals surface area contributed by atoms with Crippen LogP contribution in [0.2, 0.25) is 0 Å². The van der Waals surface area contributed by atoms with Crippen LogP contribution >= 0.6 is 0 Å². The second-order valence-electron chi connectivity index (χ2n) is 8.13. The lowest BCUT2D eigenvalue weighted by Crippen LogP contribution is -2.50. The number of fused-ring (bicyclic) bond motifs is 1. The van der Waals surface area contributed by atoms with Crippen molar-refractivity contribution >= 4 is 16.9 Å². The van der Waals surface area contributed by atoms with Crippen LogP contribution < -0.4 is 5.32 Å². The molecule has 1 fully saturated rings. The van der Waals surface area contributed by atoms with Gasteiger partial charge in [0, 0.05) is 39.4 Å². The topological polar surface area (TPSA) is 59.4 Å². The molecule has 0 radical (unpaired) electrons. The molecule has 6 nitrogen and oxygen atoms in total. The summed E-state index contributed by atoms with van der Waals surface area (Å²) in [6.45, 7) is 8.53. The van der Waals surface area contributed by atoms with Gasteiger partial charge in [0.1, 0.15) is 0 Å². The molecule has 0 saturated carbocycles. The van der Waals surface area contributed by atoms with Gasteiger partial charge < -0.3 is 19.5 Å². The Kier molecular flexibility index (Phi) is 7.45. The maximum absolute atomic E-state index is 13.6. The Balaban J connectivity index is 1.90. The summed E-state index contributed by atoms with van der Waals surface area (Å²) in [4.78, 5) is 20.5. The number of nitrogens with one attached hydrogen (secondary N) is 1. The first kappa shape index (κ1) is 20.8. The fourth-order valence-corrected chi connectivity index (χ4v) is 4.00. The summed E-state index contributed by atoms with van der Waals surface area (Å²) >= 11 is 0. The van der Waals surface area contributed by atoms with Gasteiger partial charge in [-0.05, 0) is 50.3 Å². The SMILES string of the molecule is COCCCCn1c(C(=O)N(CC(C)C)C2CCCNC2)nc2ccccc21. The van der Waals surface area contributed by atoms with Crippen LogP contribution in [0.25, 0.3) is 11.0 Å². The number of aryl methyl sites for hydroxylation is 1. The van der Waals surface area contributed by atoms with Gasteiger partial charge in [-0.1, -0.05) is 26.0 Å². The third-order valence-electron chi connectivity index (χ3n) is 5.36. The van der Waals surface area contributed by atoms with Crippen molar-refractivity contribution in [1.29, 1.82) is 0 Å². The molecule has 1 N–H and O–H groups in total. The molecule has 1 aliphatic heterocycles. The van der Waals surface area contributed by atoms with Crippen LogP contribution in [0.1, 0.15) is 50.1 Å². The molecule has 0 aliphatic carbocycles. The lowest BCUT2D eigenvalue weighted by molar-refractivity contribution is 0.0603. The molecule has 6 heteroatoms. The Bertz CT molecular complexity index is 765. The van der Waals surface area contributed by atoms with Crippen molar-refractivity contribution in [2.24, 2.45) is 5.92 Å². The molecule has 2 heterocycles. The molecule has 3 rings (SSSR count). The number of hydrogen-bond acceptors (Lipinski definition) is 4. The third kappa shape index (κ3) is 4.92. The average Bonchev–Trinajstić information content (AvgIpc) is 3.08. The highest BCUT2D eigenvalue weighted by Crippen LogP contribution is 2.21. The zero-order valence-electron chi connectivity index (χ0n) is 17.5. The molecule has 1 unspecified atom stereocenters. The Morgan fingerprint density at radius 3 is 2.89 bits per heavy atom. The second-order valence-corrected chi connectivity index (χ2v) is 8.13. The fraction of sp³-hybridized carbons (Fsp3) is 0.636. The molecule has 28 heavy (non-hydrogen) atoms. The number of carbonyl (C=O) groups excluding carboxylic acids is 1. The molecule has 1 amide bonds. The minimum absolute atomic E-state index is 0.0605. The van der Waals surface area contributed by atoms with E-state index < -0.39 is 0 Å². The molecule has 1 aromatic carbocycles. The molecule has 0 spiro atoms. The molecule has 1 atom stereocenters. The monoisotopic (exact) mass is 386 g/mol.